The zero-order valence-corrected chi connectivity index (χ0v) is 14.8. The fraction of sp³-hybridized carbons (Fsp3) is 0.588. The number of nitrogens with zero attached hydrogens (tertiary/aromatic N) is 1. The largest absolute Gasteiger partial charge is 0.444 e. The minimum absolute atomic E-state index is 0. The van der Waals surface area contributed by atoms with E-state index in [2.05, 4.69) is 0 Å². The first-order valence-electron chi connectivity index (χ1n) is 7.68. The number of halogens is 2. The summed E-state index contributed by atoms with van der Waals surface area (Å²) in [5, 5.41) is 0. The van der Waals surface area contributed by atoms with Crippen LogP contribution in [0.3, 0.4) is 0 Å². The highest BCUT2D eigenvalue weighted by molar-refractivity contribution is 5.85. The molecule has 1 aromatic rings. The van der Waals surface area contributed by atoms with Crippen molar-refractivity contribution >= 4 is 18.5 Å². The molecule has 1 aliphatic rings. The molecule has 130 valence electrons. The molecule has 0 saturated carbocycles. The van der Waals surface area contributed by atoms with Gasteiger partial charge in [-0.15, -0.1) is 12.4 Å². The van der Waals surface area contributed by atoms with E-state index in [1.807, 2.05) is 20.8 Å². The van der Waals surface area contributed by atoms with E-state index in [-0.39, 0.29) is 29.9 Å². The summed E-state index contributed by atoms with van der Waals surface area (Å²) in [6, 6.07) is 6.44. The fourth-order valence-electron chi connectivity index (χ4n) is 2.65. The van der Waals surface area contributed by atoms with Gasteiger partial charge in [-0.1, -0.05) is 12.1 Å². The van der Waals surface area contributed by atoms with Gasteiger partial charge in [0.2, 0.25) is 0 Å². The molecule has 1 fully saturated rings. The highest BCUT2D eigenvalue weighted by Crippen LogP contribution is 2.25. The molecule has 4 nitrogen and oxygen atoms in total. The van der Waals surface area contributed by atoms with Gasteiger partial charge in [0.1, 0.15) is 11.4 Å². The van der Waals surface area contributed by atoms with Gasteiger partial charge in [0.15, 0.2) is 0 Å². The Balaban J connectivity index is 0.00000264. The number of benzene rings is 1. The Morgan fingerprint density at radius 2 is 1.78 bits per heavy atom. The molecular weight excluding hydrogens is 319 g/mol. The van der Waals surface area contributed by atoms with Gasteiger partial charge < -0.3 is 15.4 Å². The summed E-state index contributed by atoms with van der Waals surface area (Å²) in [6.07, 6.45) is 1.83. The average Bonchev–Trinajstić information content (AvgIpc) is 2.40. The summed E-state index contributed by atoms with van der Waals surface area (Å²) in [6.45, 7) is 6.75. The average molecular weight is 345 g/mol. The van der Waals surface area contributed by atoms with Crippen LogP contribution in [-0.2, 0) is 11.2 Å². The fourth-order valence-corrected chi connectivity index (χ4v) is 2.65. The van der Waals surface area contributed by atoms with E-state index in [1.54, 1.807) is 17.0 Å². The first-order valence-corrected chi connectivity index (χ1v) is 7.68. The third-order valence-corrected chi connectivity index (χ3v) is 3.88. The minimum atomic E-state index is -0.484. The van der Waals surface area contributed by atoms with E-state index < -0.39 is 5.60 Å². The molecule has 1 saturated heterocycles. The van der Waals surface area contributed by atoms with Crippen LogP contribution in [0.4, 0.5) is 9.18 Å². The summed E-state index contributed by atoms with van der Waals surface area (Å²) in [7, 11) is 0. The number of ether oxygens (including phenoxy) is 1. The van der Waals surface area contributed by atoms with Gasteiger partial charge in [0.05, 0.1) is 0 Å². The summed E-state index contributed by atoms with van der Waals surface area (Å²) in [4.78, 5) is 13.8. The Hall–Kier alpha value is -1.33. The van der Waals surface area contributed by atoms with E-state index in [1.165, 1.54) is 12.1 Å². The Labute approximate surface area is 143 Å². The van der Waals surface area contributed by atoms with Crippen molar-refractivity contribution in [3.63, 3.8) is 0 Å². The maximum atomic E-state index is 12.9. The van der Waals surface area contributed by atoms with Crippen LogP contribution in [0.15, 0.2) is 24.3 Å². The van der Waals surface area contributed by atoms with Crippen molar-refractivity contribution in [3.05, 3.63) is 35.6 Å². The molecule has 1 amide bonds. The predicted octanol–water partition coefficient (Wildman–Crippen LogP) is 3.52. The second-order valence-corrected chi connectivity index (χ2v) is 7.13. The number of hydrogen-bond acceptors (Lipinski definition) is 3. The quantitative estimate of drug-likeness (QED) is 0.893. The molecule has 2 N–H and O–H groups in total. The Kier molecular flexibility index (Phi) is 6.42. The first-order chi connectivity index (χ1) is 10.2. The smallest absolute Gasteiger partial charge is 0.410 e. The lowest BCUT2D eigenvalue weighted by Gasteiger charge is -2.39. The summed E-state index contributed by atoms with van der Waals surface area (Å²) in [5.41, 5.74) is 6.63. The number of hydrogen-bond donors (Lipinski definition) is 1. The lowest BCUT2D eigenvalue weighted by atomic mass is 9.83. The zero-order valence-electron chi connectivity index (χ0n) is 14.0. The SMILES string of the molecule is CC(C)(C)OC(=O)N1CCC(N)(Cc2ccc(F)cc2)CC1.Cl. The standard InChI is InChI=1S/C17H25FN2O2.ClH/c1-16(2,3)22-15(21)20-10-8-17(19,9-11-20)12-13-4-6-14(18)7-5-13;/h4-7H,8-12,19H2,1-3H3;1H. The van der Waals surface area contributed by atoms with Gasteiger partial charge >= 0.3 is 6.09 Å². The van der Waals surface area contributed by atoms with Crippen molar-refractivity contribution < 1.29 is 13.9 Å². The van der Waals surface area contributed by atoms with Crippen LogP contribution in [0.25, 0.3) is 0 Å². The number of rotatable bonds is 2. The summed E-state index contributed by atoms with van der Waals surface area (Å²) < 4.78 is 18.3. The van der Waals surface area contributed by atoms with Gasteiger partial charge in [-0.25, -0.2) is 9.18 Å². The minimum Gasteiger partial charge on any atom is -0.444 e. The van der Waals surface area contributed by atoms with Gasteiger partial charge in [-0.2, -0.15) is 0 Å². The van der Waals surface area contributed by atoms with Gasteiger partial charge in [0.25, 0.3) is 0 Å². The summed E-state index contributed by atoms with van der Waals surface area (Å²) >= 11 is 0. The number of nitrogens with two attached hydrogens (primary N) is 1. The molecule has 0 bridgehead atoms. The van der Waals surface area contributed by atoms with Crippen molar-refractivity contribution in [1.29, 1.82) is 0 Å². The van der Waals surface area contributed by atoms with Crippen LogP contribution < -0.4 is 5.73 Å². The second-order valence-electron chi connectivity index (χ2n) is 7.13. The van der Waals surface area contributed by atoms with Crippen molar-refractivity contribution in [2.45, 2.75) is 51.2 Å². The molecule has 23 heavy (non-hydrogen) atoms. The molecule has 1 heterocycles. The van der Waals surface area contributed by atoms with E-state index in [9.17, 15) is 9.18 Å². The Morgan fingerprint density at radius 3 is 2.26 bits per heavy atom. The molecule has 0 atom stereocenters. The molecule has 2 rings (SSSR count). The third kappa shape index (κ3) is 5.99. The second kappa shape index (κ2) is 7.49. The lowest BCUT2D eigenvalue weighted by molar-refractivity contribution is 0.0169. The first kappa shape index (κ1) is 19.7. The highest BCUT2D eigenvalue weighted by atomic mass is 35.5. The van der Waals surface area contributed by atoms with E-state index in [0.29, 0.717) is 32.4 Å². The molecule has 0 spiro atoms. The molecular formula is C17H26ClFN2O2. The number of likely N-dealkylation sites (tertiary alicyclic amines) is 1. The van der Waals surface area contributed by atoms with E-state index in [0.717, 1.165) is 5.56 Å². The van der Waals surface area contributed by atoms with Gasteiger partial charge in [-0.05, 0) is 57.7 Å². The van der Waals surface area contributed by atoms with Crippen LogP contribution >= 0.6 is 12.4 Å². The van der Waals surface area contributed by atoms with Crippen LogP contribution in [-0.4, -0.2) is 35.2 Å². The molecule has 0 aromatic heterocycles. The van der Waals surface area contributed by atoms with Crippen LogP contribution in [0.1, 0.15) is 39.2 Å². The van der Waals surface area contributed by atoms with Crippen LogP contribution in [0.5, 0.6) is 0 Å². The predicted molar refractivity (Wildman–Crippen MR) is 91.3 cm³/mol. The van der Waals surface area contributed by atoms with E-state index in [4.69, 9.17) is 10.5 Å². The zero-order chi connectivity index (χ0) is 16.4. The van der Waals surface area contributed by atoms with Crippen molar-refractivity contribution in [2.24, 2.45) is 5.73 Å². The van der Waals surface area contributed by atoms with Gasteiger partial charge in [0, 0.05) is 18.6 Å². The van der Waals surface area contributed by atoms with Gasteiger partial charge in [-0.3, -0.25) is 0 Å². The molecule has 0 unspecified atom stereocenters. The van der Waals surface area contributed by atoms with Crippen molar-refractivity contribution in [1.82, 2.24) is 4.90 Å². The molecule has 0 radical (unpaired) electrons. The number of carbonyl (C=O) groups excluding carboxylic acids is 1. The Morgan fingerprint density at radius 1 is 1.26 bits per heavy atom. The topological polar surface area (TPSA) is 55.6 Å². The maximum Gasteiger partial charge on any atom is 0.410 e. The van der Waals surface area contributed by atoms with Crippen molar-refractivity contribution in [2.75, 3.05) is 13.1 Å². The number of carbonyl (C=O) groups is 1. The lowest BCUT2D eigenvalue weighted by Crippen LogP contribution is -2.53. The molecule has 0 aliphatic carbocycles. The van der Waals surface area contributed by atoms with Crippen molar-refractivity contribution in [3.8, 4) is 0 Å². The van der Waals surface area contributed by atoms with Crippen LogP contribution in [0.2, 0.25) is 0 Å². The molecule has 6 heteroatoms. The monoisotopic (exact) mass is 344 g/mol. The summed E-state index contributed by atoms with van der Waals surface area (Å²) in [5.74, 6) is -0.241. The normalized spacial score (nSPS) is 17.3. The maximum absolute atomic E-state index is 12.9. The third-order valence-electron chi connectivity index (χ3n) is 3.88. The Bertz CT molecular complexity index is 520. The van der Waals surface area contributed by atoms with Crippen LogP contribution in [0, 0.1) is 5.82 Å². The number of amides is 1. The highest BCUT2D eigenvalue weighted by Gasteiger charge is 2.34. The number of piperidine rings is 1. The molecule has 1 aliphatic heterocycles. The molecule has 1 aromatic carbocycles. The van der Waals surface area contributed by atoms with E-state index >= 15 is 0 Å².